The van der Waals surface area contributed by atoms with Crippen LogP contribution < -0.4 is 5.32 Å². The molecule has 3 aliphatic heterocycles. The van der Waals surface area contributed by atoms with Crippen LogP contribution in [0.2, 0.25) is 0 Å². The number of hydrogen-bond acceptors (Lipinski definition) is 2. The second-order valence-corrected chi connectivity index (χ2v) is 8.04. The molecule has 0 saturated carbocycles. The molecule has 0 spiro atoms. The Balaban J connectivity index is 1.46. The van der Waals surface area contributed by atoms with Gasteiger partial charge in [0.15, 0.2) is 0 Å². The molecule has 3 saturated heterocycles. The van der Waals surface area contributed by atoms with E-state index in [1.165, 1.54) is 44.1 Å². The van der Waals surface area contributed by atoms with E-state index < -0.39 is 0 Å². The fourth-order valence-corrected chi connectivity index (χ4v) is 5.13. The lowest BCUT2D eigenvalue weighted by Gasteiger charge is -2.34. The SMILES string of the molecule is O=C(CC1CC2CCC(C1)N2)N1CCCCCC1c1ccccc1. The van der Waals surface area contributed by atoms with Gasteiger partial charge in [0.05, 0.1) is 6.04 Å². The van der Waals surface area contributed by atoms with Crippen LogP contribution in [0, 0.1) is 5.92 Å². The van der Waals surface area contributed by atoms with E-state index >= 15 is 0 Å². The third-order valence-corrected chi connectivity index (χ3v) is 6.29. The van der Waals surface area contributed by atoms with Crippen LogP contribution in [0.4, 0.5) is 0 Å². The first-order valence-electron chi connectivity index (χ1n) is 9.90. The van der Waals surface area contributed by atoms with Crippen molar-refractivity contribution >= 4 is 5.91 Å². The fraction of sp³-hybridized carbons (Fsp3) is 0.667. The molecule has 0 aliphatic carbocycles. The van der Waals surface area contributed by atoms with E-state index in [0.717, 1.165) is 25.8 Å². The van der Waals surface area contributed by atoms with E-state index in [-0.39, 0.29) is 0 Å². The lowest BCUT2D eigenvalue weighted by molar-refractivity contribution is -0.135. The summed E-state index contributed by atoms with van der Waals surface area (Å²) in [6.07, 6.45) is 10.6. The molecule has 3 fully saturated rings. The van der Waals surface area contributed by atoms with Crippen molar-refractivity contribution in [3.63, 3.8) is 0 Å². The van der Waals surface area contributed by atoms with E-state index in [0.29, 0.717) is 30.0 Å². The number of amides is 1. The fourth-order valence-electron chi connectivity index (χ4n) is 5.13. The standard InChI is InChI=1S/C21H30N2O/c24-21(15-16-13-18-10-11-19(14-16)22-18)23-12-6-2-5-9-20(23)17-7-3-1-4-8-17/h1,3-4,7-8,16,18-20,22H,2,5-6,9-15H2. The maximum atomic E-state index is 13.1. The molecule has 0 radical (unpaired) electrons. The van der Waals surface area contributed by atoms with Gasteiger partial charge in [0.1, 0.15) is 0 Å². The van der Waals surface area contributed by atoms with Gasteiger partial charge >= 0.3 is 0 Å². The highest BCUT2D eigenvalue weighted by Gasteiger charge is 2.36. The van der Waals surface area contributed by atoms with Crippen LogP contribution in [0.5, 0.6) is 0 Å². The van der Waals surface area contributed by atoms with Crippen LogP contribution in [0.15, 0.2) is 30.3 Å². The lowest BCUT2D eigenvalue weighted by atomic mass is 9.89. The smallest absolute Gasteiger partial charge is 0.223 e. The van der Waals surface area contributed by atoms with E-state index in [9.17, 15) is 4.79 Å². The van der Waals surface area contributed by atoms with E-state index in [1.807, 2.05) is 0 Å². The third kappa shape index (κ3) is 3.51. The van der Waals surface area contributed by atoms with Crippen molar-refractivity contribution in [1.29, 1.82) is 0 Å². The molecule has 3 nitrogen and oxygen atoms in total. The largest absolute Gasteiger partial charge is 0.336 e. The number of hydrogen-bond donors (Lipinski definition) is 1. The highest BCUT2D eigenvalue weighted by Crippen LogP contribution is 2.35. The van der Waals surface area contributed by atoms with Crippen molar-refractivity contribution in [3.05, 3.63) is 35.9 Å². The summed E-state index contributed by atoms with van der Waals surface area (Å²) in [5.74, 6) is 0.993. The molecule has 1 aromatic rings. The number of benzene rings is 1. The van der Waals surface area contributed by atoms with E-state index in [4.69, 9.17) is 0 Å². The normalized spacial score (nSPS) is 33.2. The number of rotatable bonds is 3. The number of likely N-dealkylation sites (tertiary alicyclic amines) is 1. The number of carbonyl (C=O) groups excluding carboxylic acids is 1. The van der Waals surface area contributed by atoms with Crippen molar-refractivity contribution in [3.8, 4) is 0 Å². The number of nitrogens with zero attached hydrogens (tertiary/aromatic N) is 1. The molecule has 1 N–H and O–H groups in total. The lowest BCUT2D eigenvalue weighted by Crippen LogP contribution is -2.41. The summed E-state index contributed by atoms with van der Waals surface area (Å²) in [6.45, 7) is 0.941. The molecule has 3 heterocycles. The van der Waals surface area contributed by atoms with Gasteiger partial charge in [-0.05, 0) is 50.0 Å². The molecule has 0 aromatic heterocycles. The Bertz CT molecular complexity index is 546. The van der Waals surface area contributed by atoms with Gasteiger partial charge in [-0.2, -0.15) is 0 Å². The zero-order valence-corrected chi connectivity index (χ0v) is 14.6. The Labute approximate surface area is 145 Å². The first-order chi connectivity index (χ1) is 11.8. The maximum Gasteiger partial charge on any atom is 0.223 e. The zero-order valence-electron chi connectivity index (χ0n) is 14.6. The molecular formula is C21H30N2O. The van der Waals surface area contributed by atoms with Crippen molar-refractivity contribution < 1.29 is 4.79 Å². The van der Waals surface area contributed by atoms with Crippen LogP contribution >= 0.6 is 0 Å². The quantitative estimate of drug-likeness (QED) is 0.909. The van der Waals surface area contributed by atoms with Gasteiger partial charge in [-0.1, -0.05) is 43.2 Å². The topological polar surface area (TPSA) is 32.3 Å². The predicted octanol–water partition coefficient (Wildman–Crippen LogP) is 4.05. The summed E-state index contributed by atoms with van der Waals surface area (Å²) < 4.78 is 0. The van der Waals surface area contributed by atoms with Crippen LogP contribution in [0.3, 0.4) is 0 Å². The summed E-state index contributed by atoms with van der Waals surface area (Å²) in [5, 5.41) is 3.69. The van der Waals surface area contributed by atoms with Crippen molar-refractivity contribution in [2.75, 3.05) is 6.54 Å². The monoisotopic (exact) mass is 326 g/mol. The van der Waals surface area contributed by atoms with E-state index in [2.05, 4.69) is 40.5 Å². The molecule has 3 atom stereocenters. The van der Waals surface area contributed by atoms with E-state index in [1.54, 1.807) is 0 Å². The average Bonchev–Trinajstić information content (AvgIpc) is 2.81. The zero-order chi connectivity index (χ0) is 16.4. The Morgan fingerprint density at radius 2 is 1.75 bits per heavy atom. The third-order valence-electron chi connectivity index (χ3n) is 6.29. The maximum absolute atomic E-state index is 13.1. The van der Waals surface area contributed by atoms with Gasteiger partial charge < -0.3 is 10.2 Å². The van der Waals surface area contributed by atoms with Crippen molar-refractivity contribution in [1.82, 2.24) is 10.2 Å². The molecule has 1 amide bonds. The van der Waals surface area contributed by atoms with Crippen LogP contribution in [-0.4, -0.2) is 29.4 Å². The minimum Gasteiger partial charge on any atom is -0.336 e. The Morgan fingerprint density at radius 3 is 2.50 bits per heavy atom. The Morgan fingerprint density at radius 1 is 1.00 bits per heavy atom. The van der Waals surface area contributed by atoms with Gasteiger partial charge in [0, 0.05) is 25.0 Å². The molecule has 2 bridgehead atoms. The van der Waals surface area contributed by atoms with Gasteiger partial charge in [0.25, 0.3) is 0 Å². The first-order valence-corrected chi connectivity index (χ1v) is 9.90. The van der Waals surface area contributed by atoms with Gasteiger partial charge in [-0.15, -0.1) is 0 Å². The van der Waals surface area contributed by atoms with Crippen molar-refractivity contribution in [2.45, 2.75) is 75.9 Å². The van der Waals surface area contributed by atoms with Crippen LogP contribution in [0.1, 0.15) is 69.4 Å². The van der Waals surface area contributed by atoms with Crippen molar-refractivity contribution in [2.24, 2.45) is 5.92 Å². The minimum atomic E-state index is 0.291. The molecular weight excluding hydrogens is 296 g/mol. The van der Waals surface area contributed by atoms with Crippen LogP contribution in [0.25, 0.3) is 0 Å². The van der Waals surface area contributed by atoms with Gasteiger partial charge in [0.2, 0.25) is 5.91 Å². The molecule has 1 aromatic carbocycles. The summed E-state index contributed by atoms with van der Waals surface area (Å²) >= 11 is 0. The molecule has 4 rings (SSSR count). The average molecular weight is 326 g/mol. The molecule has 24 heavy (non-hydrogen) atoms. The molecule has 3 heteroatoms. The highest BCUT2D eigenvalue weighted by atomic mass is 16.2. The number of piperidine rings is 1. The summed E-state index contributed by atoms with van der Waals surface area (Å²) in [7, 11) is 0. The van der Waals surface area contributed by atoms with Crippen LogP contribution in [-0.2, 0) is 4.79 Å². The number of nitrogens with one attached hydrogen (secondary N) is 1. The highest BCUT2D eigenvalue weighted by molar-refractivity contribution is 5.77. The molecule has 3 unspecified atom stereocenters. The summed E-state index contributed by atoms with van der Waals surface area (Å²) in [4.78, 5) is 15.4. The number of fused-ring (bicyclic) bond motifs is 2. The molecule has 130 valence electrons. The minimum absolute atomic E-state index is 0.291. The summed E-state index contributed by atoms with van der Waals surface area (Å²) in [6, 6.07) is 12.3. The van der Waals surface area contributed by atoms with Gasteiger partial charge in [-0.25, -0.2) is 0 Å². The summed E-state index contributed by atoms with van der Waals surface area (Å²) in [5.41, 5.74) is 1.32. The number of carbonyl (C=O) groups is 1. The Kier molecular flexibility index (Phi) is 4.88. The second-order valence-electron chi connectivity index (χ2n) is 8.04. The second kappa shape index (κ2) is 7.26. The molecule has 3 aliphatic rings. The first kappa shape index (κ1) is 16.1. The Hall–Kier alpha value is -1.35. The predicted molar refractivity (Wildman–Crippen MR) is 96.7 cm³/mol. The van der Waals surface area contributed by atoms with Gasteiger partial charge in [-0.3, -0.25) is 4.79 Å².